The van der Waals surface area contributed by atoms with Crippen LogP contribution >= 0.6 is 17.2 Å². The molecule has 0 heterocycles. The lowest BCUT2D eigenvalue weighted by Gasteiger charge is -2.24. The van der Waals surface area contributed by atoms with Gasteiger partial charge in [-0.3, -0.25) is 4.57 Å². The molecule has 0 fully saturated rings. The third-order valence-electron chi connectivity index (χ3n) is 6.13. The van der Waals surface area contributed by atoms with Crippen molar-refractivity contribution in [1.29, 1.82) is 0 Å². The Hall–Kier alpha value is -1.39. The monoisotopic (exact) mass is 558 g/mol. The van der Waals surface area contributed by atoms with Crippen LogP contribution in [0.15, 0.2) is 82.6 Å². The van der Waals surface area contributed by atoms with Crippen LogP contribution in [-0.2, 0) is 44.1 Å². The highest BCUT2D eigenvalue weighted by molar-refractivity contribution is 8.92. The highest BCUT2D eigenvalue weighted by Gasteiger charge is 2.35. The molecule has 0 amide bonds. The summed E-state index contributed by atoms with van der Waals surface area (Å²) in [5, 5.41) is 0. The van der Waals surface area contributed by atoms with Crippen molar-refractivity contribution >= 4 is 37.4 Å². The highest BCUT2D eigenvalue weighted by Crippen LogP contribution is 2.68. The second kappa shape index (κ2) is 15.1. The minimum atomic E-state index is -3.39. The van der Waals surface area contributed by atoms with E-state index in [1.54, 1.807) is 0 Å². The molecule has 2 unspecified atom stereocenters. The van der Waals surface area contributed by atoms with Crippen LogP contribution in [0, 0.1) is 0 Å². The SMILES string of the molecule is CCCCc1ccccc1OP(=O)(Sc1ccccc1CCCC)S(=S)c1ccccc1CCCC. The van der Waals surface area contributed by atoms with Crippen LogP contribution in [0.5, 0.6) is 5.75 Å². The average molecular weight is 559 g/mol. The van der Waals surface area contributed by atoms with Gasteiger partial charge < -0.3 is 4.52 Å². The molecule has 3 rings (SSSR count). The number of hydrogen-bond acceptors (Lipinski definition) is 4. The lowest BCUT2D eigenvalue weighted by atomic mass is 10.1. The van der Waals surface area contributed by atoms with E-state index < -0.39 is 14.8 Å². The highest BCUT2D eigenvalue weighted by atomic mass is 33.3. The van der Waals surface area contributed by atoms with E-state index in [0.717, 1.165) is 73.1 Å². The van der Waals surface area contributed by atoms with Gasteiger partial charge in [-0.2, -0.15) is 0 Å². The molecular weight excluding hydrogens is 520 g/mol. The normalized spacial score (nSPS) is 13.8. The molecule has 194 valence electrons. The third kappa shape index (κ3) is 8.05. The predicted octanol–water partition coefficient (Wildman–Crippen LogP) is 10.1. The summed E-state index contributed by atoms with van der Waals surface area (Å²) in [4.78, 5) is 2.02. The van der Waals surface area contributed by atoms with E-state index >= 15 is 0 Å². The number of rotatable bonds is 15. The number of unbranched alkanes of at least 4 members (excludes halogenated alkanes) is 3. The summed E-state index contributed by atoms with van der Waals surface area (Å²) in [6.45, 7) is 6.58. The first-order valence-electron chi connectivity index (χ1n) is 13.2. The fourth-order valence-corrected chi connectivity index (χ4v) is 13.3. The van der Waals surface area contributed by atoms with E-state index in [1.807, 2.05) is 30.3 Å². The van der Waals surface area contributed by atoms with Crippen molar-refractivity contribution in [2.45, 2.75) is 88.3 Å². The molecule has 0 N–H and O–H groups in total. The zero-order valence-electron chi connectivity index (χ0n) is 21.8. The minimum absolute atomic E-state index is 0.709. The largest absolute Gasteiger partial charge is 0.428 e. The quantitative estimate of drug-likeness (QED) is 0.173. The summed E-state index contributed by atoms with van der Waals surface area (Å²) < 4.78 is 21.6. The van der Waals surface area contributed by atoms with E-state index in [1.165, 1.54) is 22.5 Å². The van der Waals surface area contributed by atoms with Gasteiger partial charge in [0, 0.05) is 18.9 Å². The zero-order chi connectivity index (χ0) is 25.8. The third-order valence-corrected chi connectivity index (χ3v) is 17.2. The van der Waals surface area contributed by atoms with Gasteiger partial charge in [0.25, 0.3) is 0 Å². The lowest BCUT2D eigenvalue weighted by Crippen LogP contribution is -2.03. The van der Waals surface area contributed by atoms with Gasteiger partial charge in [-0.15, -0.1) is 0 Å². The maximum absolute atomic E-state index is 15.0. The zero-order valence-corrected chi connectivity index (χ0v) is 25.1. The maximum Gasteiger partial charge on any atom is 0.372 e. The van der Waals surface area contributed by atoms with Gasteiger partial charge in [0.05, 0.1) is 0 Å². The Morgan fingerprint density at radius 3 is 1.89 bits per heavy atom. The fourth-order valence-electron chi connectivity index (χ4n) is 4.03. The Labute approximate surface area is 229 Å². The number of aryl methyl sites for hydroxylation is 3. The topological polar surface area (TPSA) is 26.3 Å². The number of hydrogen-bond donors (Lipinski definition) is 0. The maximum atomic E-state index is 15.0. The standard InChI is InChI=1S/C30H39O2PS3/c1-4-7-16-25-19-10-13-22-28(25)32-33(31,35-29-23-14-11-20-26(29)17-8-5-2)36(34)30-24-15-12-21-27(30)18-9-6-3/h10-15,19-24H,4-9,16-18H2,1-3H3. The van der Waals surface area contributed by atoms with Crippen molar-refractivity contribution < 1.29 is 9.09 Å². The molecule has 3 aromatic carbocycles. The van der Waals surface area contributed by atoms with Crippen LogP contribution in [0.25, 0.3) is 0 Å². The van der Waals surface area contributed by atoms with Crippen molar-refractivity contribution in [2.24, 2.45) is 0 Å². The molecule has 0 spiro atoms. The second-order valence-corrected chi connectivity index (χ2v) is 18.6. The van der Waals surface area contributed by atoms with Gasteiger partial charge in [-0.1, -0.05) is 94.6 Å². The molecule has 2 atom stereocenters. The summed E-state index contributed by atoms with van der Waals surface area (Å²) >= 11 is 7.53. The second-order valence-electron chi connectivity index (χ2n) is 9.01. The van der Waals surface area contributed by atoms with Crippen LogP contribution in [0.2, 0.25) is 0 Å². The first-order valence-corrected chi connectivity index (χ1v) is 19.0. The molecule has 3 aromatic rings. The van der Waals surface area contributed by atoms with Gasteiger partial charge >= 0.3 is 5.77 Å². The first kappa shape index (κ1) is 29.2. The summed E-state index contributed by atoms with van der Waals surface area (Å²) in [6.07, 6.45) is 9.39. The summed E-state index contributed by atoms with van der Waals surface area (Å²) in [7, 11) is -1.00. The van der Waals surface area contributed by atoms with Crippen LogP contribution in [0.1, 0.15) is 76.0 Å². The van der Waals surface area contributed by atoms with E-state index in [-0.39, 0.29) is 0 Å². The Kier molecular flexibility index (Phi) is 12.3. The Morgan fingerprint density at radius 2 is 1.22 bits per heavy atom. The van der Waals surface area contributed by atoms with Crippen LogP contribution < -0.4 is 4.52 Å². The molecule has 6 heteroatoms. The van der Waals surface area contributed by atoms with Crippen LogP contribution in [0.4, 0.5) is 0 Å². The van der Waals surface area contributed by atoms with Gasteiger partial charge in [0.1, 0.15) is 5.75 Å². The van der Waals surface area contributed by atoms with E-state index in [0.29, 0.717) is 5.75 Å². The fraction of sp³-hybridized carbons (Fsp3) is 0.400. The van der Waals surface area contributed by atoms with Crippen molar-refractivity contribution in [3.63, 3.8) is 0 Å². The van der Waals surface area contributed by atoms with Gasteiger partial charge in [-0.05, 0) is 96.0 Å². The molecule has 0 aliphatic heterocycles. The molecule has 2 nitrogen and oxygen atoms in total. The minimum Gasteiger partial charge on any atom is -0.428 e. The Bertz CT molecular complexity index is 1120. The average Bonchev–Trinajstić information content (AvgIpc) is 2.90. The van der Waals surface area contributed by atoms with Crippen molar-refractivity contribution in [2.75, 3.05) is 0 Å². The lowest BCUT2D eigenvalue weighted by molar-refractivity contribution is 0.511. The predicted molar refractivity (Wildman–Crippen MR) is 162 cm³/mol. The molecule has 36 heavy (non-hydrogen) atoms. The van der Waals surface area contributed by atoms with Gasteiger partial charge in [0.2, 0.25) is 0 Å². The Morgan fingerprint density at radius 1 is 0.722 bits per heavy atom. The van der Waals surface area contributed by atoms with Crippen molar-refractivity contribution in [3.05, 3.63) is 89.5 Å². The summed E-state index contributed by atoms with van der Waals surface area (Å²) in [5.74, 6) is -2.68. The van der Waals surface area contributed by atoms with Gasteiger partial charge in [-0.25, -0.2) is 0 Å². The van der Waals surface area contributed by atoms with Crippen LogP contribution in [0.3, 0.4) is 0 Å². The summed E-state index contributed by atoms with van der Waals surface area (Å²) in [6, 6.07) is 24.6. The van der Waals surface area contributed by atoms with Crippen molar-refractivity contribution in [1.82, 2.24) is 0 Å². The molecule has 0 saturated carbocycles. The van der Waals surface area contributed by atoms with Gasteiger partial charge in [0.15, 0.2) is 0 Å². The smallest absolute Gasteiger partial charge is 0.372 e. The van der Waals surface area contributed by atoms with E-state index in [2.05, 4.69) is 63.2 Å². The van der Waals surface area contributed by atoms with Crippen molar-refractivity contribution in [3.8, 4) is 5.75 Å². The molecule has 0 aliphatic carbocycles. The first-order chi connectivity index (χ1) is 17.5. The molecule has 0 aromatic heterocycles. The molecule has 0 radical (unpaired) electrons. The number of para-hydroxylation sites is 1. The van der Waals surface area contributed by atoms with Crippen LogP contribution in [-0.4, -0.2) is 0 Å². The Balaban J connectivity index is 2.06. The molecule has 0 aliphatic rings. The van der Waals surface area contributed by atoms with E-state index in [9.17, 15) is 4.57 Å². The number of benzene rings is 3. The van der Waals surface area contributed by atoms with E-state index in [4.69, 9.17) is 15.7 Å². The molecule has 0 bridgehead atoms. The molecule has 0 saturated heterocycles. The molecular formula is C30H39O2PS3. The summed E-state index contributed by atoms with van der Waals surface area (Å²) in [5.41, 5.74) is 3.52.